The molecule has 0 bridgehead atoms. The van der Waals surface area contributed by atoms with Crippen LogP contribution in [-0.4, -0.2) is 15.6 Å². The molecule has 0 saturated carbocycles. The SMILES string of the molecule is O[n+]1c[n+](O)c[n+](O)c1. The second kappa shape index (κ2) is 1.73. The Morgan fingerprint density at radius 1 is 0.667 bits per heavy atom. The summed E-state index contributed by atoms with van der Waals surface area (Å²) in [7, 11) is 0. The van der Waals surface area contributed by atoms with Crippen LogP contribution >= 0.6 is 0 Å². The second-order valence-electron chi connectivity index (χ2n) is 1.49. The van der Waals surface area contributed by atoms with Gasteiger partial charge in [-0.15, -0.1) is 0 Å². The van der Waals surface area contributed by atoms with Gasteiger partial charge in [0.15, 0.2) is 0 Å². The number of nitrogens with zero attached hydrogens (tertiary/aromatic N) is 3. The van der Waals surface area contributed by atoms with Gasteiger partial charge in [0.05, 0.1) is 0 Å². The average Bonchev–Trinajstić information content (AvgIpc) is 1.59. The minimum atomic E-state index is 0.500. The van der Waals surface area contributed by atoms with E-state index in [0.29, 0.717) is 14.2 Å². The number of rotatable bonds is 0. The maximum Gasteiger partial charge on any atom is 0.513 e. The highest BCUT2D eigenvalue weighted by atomic mass is 16.5. The topological polar surface area (TPSA) is 72.3 Å². The lowest BCUT2D eigenvalue weighted by atomic mass is 11.0. The molecule has 0 aliphatic rings. The van der Waals surface area contributed by atoms with Gasteiger partial charge in [-0.3, -0.25) is 15.6 Å². The number of aromatic nitrogens is 3. The molecule has 0 aliphatic carbocycles. The molecule has 1 rings (SSSR count). The molecular formula is C3H6N3O3+3. The van der Waals surface area contributed by atoms with Crippen LogP contribution in [0.2, 0.25) is 0 Å². The minimum absolute atomic E-state index is 0.500. The van der Waals surface area contributed by atoms with E-state index in [1.165, 1.54) is 0 Å². The molecule has 1 aromatic heterocycles. The van der Waals surface area contributed by atoms with Gasteiger partial charge in [0.2, 0.25) is 0 Å². The van der Waals surface area contributed by atoms with Crippen molar-refractivity contribution in [2.75, 3.05) is 0 Å². The first kappa shape index (κ1) is 5.54. The van der Waals surface area contributed by atoms with Crippen molar-refractivity contribution in [1.29, 1.82) is 0 Å². The van der Waals surface area contributed by atoms with Crippen molar-refractivity contribution in [3.05, 3.63) is 19.0 Å². The Bertz CT molecular complexity index is 175. The summed E-state index contributed by atoms with van der Waals surface area (Å²) in [5.74, 6) is 0. The van der Waals surface area contributed by atoms with Gasteiger partial charge < -0.3 is 0 Å². The van der Waals surface area contributed by atoms with Gasteiger partial charge >= 0.3 is 19.0 Å². The summed E-state index contributed by atoms with van der Waals surface area (Å²) in [6.45, 7) is 0. The van der Waals surface area contributed by atoms with Crippen molar-refractivity contribution >= 4 is 0 Å². The van der Waals surface area contributed by atoms with E-state index in [1.807, 2.05) is 0 Å². The molecule has 0 spiro atoms. The average molecular weight is 132 g/mol. The van der Waals surface area contributed by atoms with Crippen LogP contribution in [0.3, 0.4) is 0 Å². The zero-order chi connectivity index (χ0) is 6.85. The molecular weight excluding hydrogens is 126 g/mol. The smallest absolute Gasteiger partial charge is 0.275 e. The monoisotopic (exact) mass is 132 g/mol. The van der Waals surface area contributed by atoms with E-state index in [1.54, 1.807) is 0 Å². The van der Waals surface area contributed by atoms with Crippen LogP contribution in [-0.2, 0) is 0 Å². The van der Waals surface area contributed by atoms with Crippen LogP contribution in [0, 0.1) is 0 Å². The molecule has 1 heterocycles. The maximum atomic E-state index is 8.55. The third kappa shape index (κ3) is 1.15. The van der Waals surface area contributed by atoms with Crippen LogP contribution < -0.4 is 14.2 Å². The minimum Gasteiger partial charge on any atom is -0.275 e. The Morgan fingerprint density at radius 3 is 1.11 bits per heavy atom. The fraction of sp³-hybridized carbons (Fsp3) is 0. The highest BCUT2D eigenvalue weighted by molar-refractivity contribution is 4.06. The molecule has 0 saturated heterocycles. The highest BCUT2D eigenvalue weighted by Gasteiger charge is 2.17. The Hall–Kier alpha value is -1.59. The third-order valence-corrected chi connectivity index (χ3v) is 0.710. The predicted molar refractivity (Wildman–Crippen MR) is 18.6 cm³/mol. The molecule has 0 fully saturated rings. The maximum absolute atomic E-state index is 8.55. The summed E-state index contributed by atoms with van der Waals surface area (Å²) in [4.78, 5) is 0. The summed E-state index contributed by atoms with van der Waals surface area (Å²) < 4.78 is 1.50. The largest absolute Gasteiger partial charge is 0.513 e. The number of hydrogen-bond acceptors (Lipinski definition) is 3. The van der Waals surface area contributed by atoms with Gasteiger partial charge in [-0.1, -0.05) is 0 Å². The van der Waals surface area contributed by atoms with Gasteiger partial charge in [-0.2, -0.15) is 0 Å². The van der Waals surface area contributed by atoms with Crippen LogP contribution in [0.5, 0.6) is 0 Å². The third-order valence-electron chi connectivity index (χ3n) is 0.710. The van der Waals surface area contributed by atoms with Crippen molar-refractivity contribution in [2.24, 2.45) is 0 Å². The molecule has 6 heteroatoms. The standard InChI is InChI=1S/C3H6N3O3/c7-4-1-5(8)3-6(9)2-4/h1-3,7-9H/q+3. The Morgan fingerprint density at radius 2 is 0.889 bits per heavy atom. The van der Waals surface area contributed by atoms with Crippen LogP contribution in [0.25, 0.3) is 0 Å². The molecule has 3 N–H and O–H groups in total. The molecule has 0 radical (unpaired) electrons. The fourth-order valence-electron chi connectivity index (χ4n) is 0.453. The van der Waals surface area contributed by atoms with E-state index in [0.717, 1.165) is 19.0 Å². The van der Waals surface area contributed by atoms with Gasteiger partial charge in [0.25, 0.3) is 0 Å². The van der Waals surface area contributed by atoms with Crippen molar-refractivity contribution in [1.82, 2.24) is 0 Å². The van der Waals surface area contributed by atoms with Crippen LogP contribution in [0.15, 0.2) is 19.0 Å². The molecule has 0 amide bonds. The normalized spacial score (nSPS) is 9.33. The van der Waals surface area contributed by atoms with Crippen molar-refractivity contribution in [3.63, 3.8) is 0 Å². The van der Waals surface area contributed by atoms with Crippen LogP contribution in [0.4, 0.5) is 0 Å². The second-order valence-corrected chi connectivity index (χ2v) is 1.49. The molecule has 0 aliphatic heterocycles. The van der Waals surface area contributed by atoms with Gasteiger partial charge in [0, 0.05) is 0 Å². The van der Waals surface area contributed by atoms with Crippen LogP contribution in [0.1, 0.15) is 0 Å². The molecule has 0 atom stereocenters. The molecule has 0 unspecified atom stereocenters. The van der Waals surface area contributed by atoms with E-state index in [2.05, 4.69) is 0 Å². The van der Waals surface area contributed by atoms with Crippen molar-refractivity contribution < 1.29 is 29.8 Å². The zero-order valence-electron chi connectivity index (χ0n) is 4.42. The van der Waals surface area contributed by atoms with E-state index in [-0.39, 0.29) is 0 Å². The summed E-state index contributed by atoms with van der Waals surface area (Å²) in [5.41, 5.74) is 0. The van der Waals surface area contributed by atoms with E-state index in [4.69, 9.17) is 15.6 Å². The summed E-state index contributed by atoms with van der Waals surface area (Å²) in [6, 6.07) is 0. The van der Waals surface area contributed by atoms with E-state index < -0.39 is 0 Å². The molecule has 1 aromatic rings. The van der Waals surface area contributed by atoms with Gasteiger partial charge in [-0.05, 0) is 0 Å². The van der Waals surface area contributed by atoms with E-state index in [9.17, 15) is 0 Å². The first-order valence-electron chi connectivity index (χ1n) is 2.15. The highest BCUT2D eigenvalue weighted by Crippen LogP contribution is 1.48. The summed E-state index contributed by atoms with van der Waals surface area (Å²) in [6.07, 6.45) is 2.85. The Labute approximate surface area is 50.0 Å². The van der Waals surface area contributed by atoms with Crippen molar-refractivity contribution in [3.8, 4) is 0 Å². The number of hydrogen-bond donors (Lipinski definition) is 3. The molecule has 6 nitrogen and oxygen atoms in total. The zero-order valence-corrected chi connectivity index (χ0v) is 4.42. The first-order valence-corrected chi connectivity index (χ1v) is 2.15. The Kier molecular flexibility index (Phi) is 1.07. The lowest BCUT2D eigenvalue weighted by Gasteiger charge is -1.73. The van der Waals surface area contributed by atoms with E-state index >= 15 is 0 Å². The van der Waals surface area contributed by atoms with Crippen molar-refractivity contribution in [2.45, 2.75) is 0 Å². The molecule has 0 aromatic carbocycles. The predicted octanol–water partition coefficient (Wildman–Crippen LogP) is -2.74. The summed E-state index contributed by atoms with van der Waals surface area (Å²) in [5, 5.41) is 25.6. The Balaban J connectivity index is 3.17. The fourth-order valence-corrected chi connectivity index (χ4v) is 0.453. The lowest BCUT2D eigenvalue weighted by Crippen LogP contribution is -2.55. The first-order chi connectivity index (χ1) is 4.18. The lowest BCUT2D eigenvalue weighted by molar-refractivity contribution is -1.11. The van der Waals surface area contributed by atoms with Gasteiger partial charge in [-0.25, -0.2) is 0 Å². The quantitative estimate of drug-likeness (QED) is 0.265. The molecule has 9 heavy (non-hydrogen) atoms. The summed E-state index contributed by atoms with van der Waals surface area (Å²) >= 11 is 0. The molecule has 48 valence electrons. The van der Waals surface area contributed by atoms with Gasteiger partial charge in [0.1, 0.15) is 14.2 Å².